The molecule has 0 bridgehead atoms. The number of amides is 2. The first kappa shape index (κ1) is 19.7. The molecule has 1 unspecified atom stereocenters. The molecule has 2 aromatic rings. The van der Waals surface area contributed by atoms with E-state index in [4.69, 9.17) is 0 Å². The van der Waals surface area contributed by atoms with Crippen LogP contribution in [0.25, 0.3) is 6.08 Å². The number of hydrogen-bond donors (Lipinski definition) is 2. The Labute approximate surface area is 152 Å². The minimum absolute atomic E-state index is 0.0423. The van der Waals surface area contributed by atoms with E-state index in [1.165, 1.54) is 37.4 Å². The second-order valence-corrected chi connectivity index (χ2v) is 5.38. The van der Waals surface area contributed by atoms with Crippen LogP contribution in [0.4, 0.5) is 14.5 Å². The van der Waals surface area contributed by atoms with Crippen LogP contribution in [0.2, 0.25) is 0 Å². The van der Waals surface area contributed by atoms with Crippen molar-refractivity contribution in [2.75, 3.05) is 7.05 Å². The maximum Gasteiger partial charge on any atom is 0.276 e. The molecular weight excluding hydrogens is 360 g/mol. The standard InChI is InChI=1S/C18H15F2N3O4/c1-21-18(25)17(12-6-8-13(19)14(20)10-12)22-16(24)9-7-11-4-2-3-5-15(11)23(26)27/h2-10,17H,1H3,(H,21,25)(H,22,24). The van der Waals surface area contributed by atoms with E-state index in [0.717, 1.165) is 18.2 Å². The summed E-state index contributed by atoms with van der Waals surface area (Å²) in [6.07, 6.45) is 2.23. The first-order valence-corrected chi connectivity index (χ1v) is 7.72. The van der Waals surface area contributed by atoms with Crippen molar-refractivity contribution < 1.29 is 23.3 Å². The highest BCUT2D eigenvalue weighted by Gasteiger charge is 2.22. The number of rotatable bonds is 6. The van der Waals surface area contributed by atoms with Crippen molar-refractivity contribution in [2.24, 2.45) is 0 Å². The molecule has 140 valence electrons. The maximum atomic E-state index is 13.4. The molecule has 0 aliphatic rings. The quantitative estimate of drug-likeness (QED) is 0.460. The fraction of sp³-hybridized carbons (Fsp3) is 0.111. The molecule has 9 heteroatoms. The van der Waals surface area contributed by atoms with Gasteiger partial charge >= 0.3 is 0 Å². The molecule has 0 heterocycles. The van der Waals surface area contributed by atoms with Crippen LogP contribution in [0.5, 0.6) is 0 Å². The smallest absolute Gasteiger partial charge is 0.276 e. The van der Waals surface area contributed by atoms with Crippen LogP contribution < -0.4 is 10.6 Å². The summed E-state index contributed by atoms with van der Waals surface area (Å²) in [7, 11) is 1.32. The van der Waals surface area contributed by atoms with Crippen molar-refractivity contribution in [1.29, 1.82) is 0 Å². The Bertz CT molecular complexity index is 915. The third-order valence-corrected chi connectivity index (χ3v) is 3.62. The van der Waals surface area contributed by atoms with Gasteiger partial charge < -0.3 is 10.6 Å². The summed E-state index contributed by atoms with van der Waals surface area (Å²) in [5, 5.41) is 15.6. The minimum Gasteiger partial charge on any atom is -0.357 e. The van der Waals surface area contributed by atoms with E-state index in [-0.39, 0.29) is 16.8 Å². The Morgan fingerprint density at radius 3 is 2.48 bits per heavy atom. The zero-order chi connectivity index (χ0) is 20.0. The van der Waals surface area contributed by atoms with Crippen molar-refractivity contribution in [3.8, 4) is 0 Å². The van der Waals surface area contributed by atoms with E-state index in [1.54, 1.807) is 6.07 Å². The number of nitro benzene ring substituents is 1. The van der Waals surface area contributed by atoms with Crippen molar-refractivity contribution in [3.63, 3.8) is 0 Å². The molecule has 27 heavy (non-hydrogen) atoms. The summed E-state index contributed by atoms with van der Waals surface area (Å²) < 4.78 is 26.5. The van der Waals surface area contributed by atoms with Gasteiger partial charge in [0, 0.05) is 19.2 Å². The van der Waals surface area contributed by atoms with Crippen LogP contribution in [0.1, 0.15) is 17.2 Å². The lowest BCUT2D eigenvalue weighted by atomic mass is 10.1. The van der Waals surface area contributed by atoms with Gasteiger partial charge in [0.2, 0.25) is 11.8 Å². The highest BCUT2D eigenvalue weighted by molar-refractivity contribution is 5.96. The molecule has 0 fully saturated rings. The molecule has 7 nitrogen and oxygen atoms in total. The van der Waals surface area contributed by atoms with Gasteiger partial charge in [-0.1, -0.05) is 18.2 Å². The molecule has 0 aliphatic carbocycles. The predicted molar refractivity (Wildman–Crippen MR) is 93.4 cm³/mol. The second-order valence-electron chi connectivity index (χ2n) is 5.38. The molecule has 1 atom stereocenters. The first-order valence-electron chi connectivity index (χ1n) is 7.72. The van der Waals surface area contributed by atoms with E-state index < -0.39 is 34.4 Å². The molecule has 2 N–H and O–H groups in total. The number of halogens is 2. The number of nitro groups is 1. The number of hydrogen-bond acceptors (Lipinski definition) is 4. The average molecular weight is 375 g/mol. The topological polar surface area (TPSA) is 101 Å². The van der Waals surface area contributed by atoms with Crippen LogP contribution in [-0.2, 0) is 9.59 Å². The third kappa shape index (κ3) is 4.94. The van der Waals surface area contributed by atoms with Gasteiger partial charge in [-0.05, 0) is 29.8 Å². The summed E-state index contributed by atoms with van der Waals surface area (Å²) in [6.45, 7) is 0. The molecule has 2 rings (SSSR count). The number of carbonyl (C=O) groups excluding carboxylic acids is 2. The fourth-order valence-corrected chi connectivity index (χ4v) is 2.29. The lowest BCUT2D eigenvalue weighted by Crippen LogP contribution is -2.38. The Morgan fingerprint density at radius 2 is 1.85 bits per heavy atom. The van der Waals surface area contributed by atoms with Crippen molar-refractivity contribution in [3.05, 3.63) is 81.4 Å². The first-order chi connectivity index (χ1) is 12.8. The van der Waals surface area contributed by atoms with Gasteiger partial charge in [0.25, 0.3) is 5.69 Å². The van der Waals surface area contributed by atoms with E-state index in [0.29, 0.717) is 0 Å². The predicted octanol–water partition coefficient (Wildman–Crippen LogP) is 2.49. The summed E-state index contributed by atoms with van der Waals surface area (Å²) >= 11 is 0. The summed E-state index contributed by atoms with van der Waals surface area (Å²) in [4.78, 5) is 34.5. The molecule has 0 saturated heterocycles. The normalized spacial score (nSPS) is 11.8. The Morgan fingerprint density at radius 1 is 1.15 bits per heavy atom. The summed E-state index contributed by atoms with van der Waals surface area (Å²) in [5.41, 5.74) is 0.0488. The van der Waals surface area contributed by atoms with E-state index in [2.05, 4.69) is 10.6 Å². The number of carbonyl (C=O) groups is 2. The fourth-order valence-electron chi connectivity index (χ4n) is 2.29. The molecule has 0 radical (unpaired) electrons. The maximum absolute atomic E-state index is 13.4. The van der Waals surface area contributed by atoms with E-state index in [1.807, 2.05) is 0 Å². The van der Waals surface area contributed by atoms with Crippen molar-refractivity contribution >= 4 is 23.6 Å². The van der Waals surface area contributed by atoms with Gasteiger partial charge in [-0.3, -0.25) is 19.7 Å². The Balaban J connectivity index is 2.23. The highest BCUT2D eigenvalue weighted by atomic mass is 19.2. The van der Waals surface area contributed by atoms with Crippen molar-refractivity contribution in [1.82, 2.24) is 10.6 Å². The van der Waals surface area contributed by atoms with Gasteiger partial charge in [-0.25, -0.2) is 8.78 Å². The molecule has 2 aromatic carbocycles. The number of likely N-dealkylation sites (N-methyl/N-ethyl adjacent to an activating group) is 1. The number of nitrogens with zero attached hydrogens (tertiary/aromatic N) is 1. The lowest BCUT2D eigenvalue weighted by molar-refractivity contribution is -0.385. The minimum atomic E-state index is -1.27. The van der Waals surface area contributed by atoms with Gasteiger partial charge in [0.05, 0.1) is 10.5 Å². The van der Waals surface area contributed by atoms with Crippen LogP contribution in [0.15, 0.2) is 48.5 Å². The van der Waals surface area contributed by atoms with Crippen LogP contribution >= 0.6 is 0 Å². The zero-order valence-electron chi connectivity index (χ0n) is 14.1. The monoisotopic (exact) mass is 375 g/mol. The van der Waals surface area contributed by atoms with E-state index in [9.17, 15) is 28.5 Å². The third-order valence-electron chi connectivity index (χ3n) is 3.62. The lowest BCUT2D eigenvalue weighted by Gasteiger charge is -2.17. The molecule has 0 aliphatic heterocycles. The second kappa shape index (κ2) is 8.65. The van der Waals surface area contributed by atoms with Gasteiger partial charge in [0.1, 0.15) is 6.04 Å². The molecular formula is C18H15F2N3O4. The van der Waals surface area contributed by atoms with Crippen LogP contribution in [-0.4, -0.2) is 23.8 Å². The zero-order valence-corrected chi connectivity index (χ0v) is 14.1. The molecule has 0 aromatic heterocycles. The van der Waals surface area contributed by atoms with Gasteiger partial charge in [-0.2, -0.15) is 0 Å². The highest BCUT2D eigenvalue weighted by Crippen LogP contribution is 2.20. The Hall–Kier alpha value is -3.62. The number of nitrogens with one attached hydrogen (secondary N) is 2. The molecule has 0 saturated carbocycles. The van der Waals surface area contributed by atoms with Gasteiger partial charge in [-0.15, -0.1) is 0 Å². The molecule has 0 spiro atoms. The Kier molecular flexibility index (Phi) is 6.32. The average Bonchev–Trinajstić information content (AvgIpc) is 2.66. The molecule has 2 amide bonds. The summed E-state index contributed by atoms with van der Waals surface area (Å²) in [5.74, 6) is -3.64. The SMILES string of the molecule is CNC(=O)C(NC(=O)C=Cc1ccccc1[N+](=O)[O-])c1ccc(F)c(F)c1. The summed E-state index contributed by atoms with van der Waals surface area (Å²) in [6, 6.07) is 7.34. The number of benzene rings is 2. The van der Waals surface area contributed by atoms with Crippen LogP contribution in [0, 0.1) is 21.7 Å². The largest absolute Gasteiger partial charge is 0.357 e. The number of para-hydroxylation sites is 1. The van der Waals surface area contributed by atoms with Crippen molar-refractivity contribution in [2.45, 2.75) is 6.04 Å². The van der Waals surface area contributed by atoms with Gasteiger partial charge in [0.15, 0.2) is 11.6 Å². The van der Waals surface area contributed by atoms with Crippen LogP contribution in [0.3, 0.4) is 0 Å². The van der Waals surface area contributed by atoms with E-state index >= 15 is 0 Å².